The highest BCUT2D eigenvalue weighted by molar-refractivity contribution is 7.09. The number of para-hydroxylation sites is 1. The van der Waals surface area contributed by atoms with Gasteiger partial charge in [0.2, 0.25) is 0 Å². The lowest BCUT2D eigenvalue weighted by molar-refractivity contribution is 0.999. The van der Waals surface area contributed by atoms with Crippen LogP contribution in [0.2, 0.25) is 0 Å². The maximum absolute atomic E-state index is 4.59. The molecule has 0 radical (unpaired) electrons. The Bertz CT molecular complexity index is 844. The lowest BCUT2D eigenvalue weighted by Gasteiger charge is -2.05. The van der Waals surface area contributed by atoms with E-state index in [1.165, 1.54) is 15.8 Å². The van der Waals surface area contributed by atoms with E-state index in [1.807, 2.05) is 6.20 Å². The molecule has 0 aliphatic carbocycles. The largest absolute Gasteiger partial charge is 0.296 e. The number of imidazole rings is 1. The van der Waals surface area contributed by atoms with Gasteiger partial charge in [0.25, 0.3) is 0 Å². The fraction of sp³-hybridized carbons (Fsp3) is 0.0625. The summed E-state index contributed by atoms with van der Waals surface area (Å²) in [4.78, 5) is 5.94. The average molecular weight is 264 g/mol. The SMILES string of the molecule is c1csc(Cc2ncc3ccc4ccccc4n23)c1. The van der Waals surface area contributed by atoms with E-state index in [0.29, 0.717) is 0 Å². The molecule has 0 amide bonds. The van der Waals surface area contributed by atoms with Crippen LogP contribution in [-0.2, 0) is 6.42 Å². The second-order valence-electron chi connectivity index (χ2n) is 4.58. The molecule has 3 aromatic heterocycles. The number of hydrogen-bond donors (Lipinski definition) is 0. The van der Waals surface area contributed by atoms with E-state index in [0.717, 1.165) is 17.8 Å². The van der Waals surface area contributed by atoms with Crippen molar-refractivity contribution in [2.45, 2.75) is 6.42 Å². The number of pyridine rings is 1. The summed E-state index contributed by atoms with van der Waals surface area (Å²) in [5, 5.41) is 3.36. The third-order valence-electron chi connectivity index (χ3n) is 3.39. The highest BCUT2D eigenvalue weighted by Crippen LogP contribution is 2.21. The standard InChI is InChI=1S/C16H12N2S/c1-2-6-15-12(4-1)7-8-13-11-17-16(18(13)15)10-14-5-3-9-19-14/h1-9,11H,10H2. The number of thiophene rings is 1. The van der Waals surface area contributed by atoms with E-state index in [1.54, 1.807) is 11.3 Å². The van der Waals surface area contributed by atoms with E-state index in [9.17, 15) is 0 Å². The van der Waals surface area contributed by atoms with Crippen LogP contribution >= 0.6 is 11.3 Å². The minimum atomic E-state index is 0.889. The van der Waals surface area contributed by atoms with Crippen LogP contribution < -0.4 is 0 Å². The van der Waals surface area contributed by atoms with Gasteiger partial charge in [0.05, 0.1) is 17.2 Å². The summed E-state index contributed by atoms with van der Waals surface area (Å²) in [5.41, 5.74) is 2.38. The zero-order valence-electron chi connectivity index (χ0n) is 10.3. The monoisotopic (exact) mass is 264 g/mol. The van der Waals surface area contributed by atoms with Gasteiger partial charge >= 0.3 is 0 Å². The van der Waals surface area contributed by atoms with Gasteiger partial charge < -0.3 is 0 Å². The molecule has 0 unspecified atom stereocenters. The number of fused-ring (bicyclic) bond motifs is 3. The van der Waals surface area contributed by atoms with Crippen molar-refractivity contribution in [3.05, 3.63) is 70.8 Å². The number of rotatable bonds is 2. The summed E-state index contributed by atoms with van der Waals surface area (Å²) in [5.74, 6) is 1.11. The molecule has 2 nitrogen and oxygen atoms in total. The van der Waals surface area contributed by atoms with E-state index in [2.05, 4.69) is 63.3 Å². The van der Waals surface area contributed by atoms with Gasteiger partial charge in [0, 0.05) is 11.3 Å². The summed E-state index contributed by atoms with van der Waals surface area (Å²) in [6.07, 6.45) is 2.84. The zero-order valence-corrected chi connectivity index (χ0v) is 11.1. The Morgan fingerprint density at radius 1 is 1.00 bits per heavy atom. The molecule has 1 aromatic carbocycles. The first kappa shape index (κ1) is 10.8. The van der Waals surface area contributed by atoms with Gasteiger partial charge in [0.15, 0.2) is 0 Å². The Labute approximate surface area is 115 Å². The molecule has 4 aromatic rings. The molecule has 0 atom stereocenters. The molecular weight excluding hydrogens is 252 g/mol. The molecule has 3 heteroatoms. The molecule has 4 rings (SSSR count). The quantitative estimate of drug-likeness (QED) is 0.532. The number of aromatic nitrogens is 2. The van der Waals surface area contributed by atoms with Crippen molar-refractivity contribution in [1.82, 2.24) is 9.38 Å². The van der Waals surface area contributed by atoms with Gasteiger partial charge in [-0.25, -0.2) is 4.98 Å². The van der Waals surface area contributed by atoms with E-state index < -0.39 is 0 Å². The van der Waals surface area contributed by atoms with Crippen LogP contribution in [0.3, 0.4) is 0 Å². The summed E-state index contributed by atoms with van der Waals surface area (Å²) in [6, 6.07) is 17.0. The highest BCUT2D eigenvalue weighted by Gasteiger charge is 2.08. The van der Waals surface area contributed by atoms with Crippen molar-refractivity contribution in [2.24, 2.45) is 0 Å². The zero-order chi connectivity index (χ0) is 12.7. The van der Waals surface area contributed by atoms with Crippen molar-refractivity contribution in [3.63, 3.8) is 0 Å². The van der Waals surface area contributed by atoms with E-state index in [4.69, 9.17) is 0 Å². The predicted molar refractivity (Wildman–Crippen MR) is 79.8 cm³/mol. The maximum atomic E-state index is 4.59. The van der Waals surface area contributed by atoms with E-state index >= 15 is 0 Å². The molecule has 0 aliphatic heterocycles. The fourth-order valence-electron chi connectivity index (χ4n) is 2.50. The number of benzene rings is 1. The Balaban J connectivity index is 1.98. The second kappa shape index (κ2) is 4.21. The topological polar surface area (TPSA) is 17.3 Å². The maximum Gasteiger partial charge on any atom is 0.118 e. The minimum Gasteiger partial charge on any atom is -0.296 e. The Kier molecular flexibility index (Phi) is 2.38. The van der Waals surface area contributed by atoms with Crippen molar-refractivity contribution in [1.29, 1.82) is 0 Å². The van der Waals surface area contributed by atoms with E-state index in [-0.39, 0.29) is 0 Å². The summed E-state index contributed by atoms with van der Waals surface area (Å²) < 4.78 is 2.26. The number of hydrogen-bond acceptors (Lipinski definition) is 2. The van der Waals surface area contributed by atoms with Crippen molar-refractivity contribution >= 4 is 27.8 Å². The summed E-state index contributed by atoms with van der Waals surface area (Å²) in [7, 11) is 0. The van der Waals surface area contributed by atoms with Crippen LogP contribution in [0.15, 0.2) is 60.1 Å². The first-order chi connectivity index (χ1) is 9.42. The first-order valence-electron chi connectivity index (χ1n) is 6.28. The van der Waals surface area contributed by atoms with Crippen molar-refractivity contribution in [3.8, 4) is 0 Å². The van der Waals surface area contributed by atoms with Gasteiger partial charge in [-0.1, -0.05) is 30.3 Å². The molecule has 0 aliphatic rings. The number of nitrogens with zero attached hydrogens (tertiary/aromatic N) is 2. The molecule has 0 saturated carbocycles. The third kappa shape index (κ3) is 1.74. The van der Waals surface area contributed by atoms with Gasteiger partial charge in [-0.15, -0.1) is 11.3 Å². The summed E-state index contributed by atoms with van der Waals surface area (Å²) >= 11 is 1.78. The lowest BCUT2D eigenvalue weighted by atomic mass is 10.2. The van der Waals surface area contributed by atoms with Crippen LogP contribution in [0.1, 0.15) is 10.7 Å². The van der Waals surface area contributed by atoms with Crippen LogP contribution in [0.5, 0.6) is 0 Å². The van der Waals surface area contributed by atoms with Crippen molar-refractivity contribution < 1.29 is 0 Å². The molecule has 0 spiro atoms. The Hall–Kier alpha value is -2.13. The highest BCUT2D eigenvalue weighted by atomic mass is 32.1. The molecule has 19 heavy (non-hydrogen) atoms. The fourth-order valence-corrected chi connectivity index (χ4v) is 3.20. The molecule has 92 valence electrons. The normalized spacial score (nSPS) is 11.4. The van der Waals surface area contributed by atoms with Crippen LogP contribution in [0, 0.1) is 0 Å². The lowest BCUT2D eigenvalue weighted by Crippen LogP contribution is -1.96. The smallest absolute Gasteiger partial charge is 0.118 e. The summed E-state index contributed by atoms with van der Waals surface area (Å²) in [6.45, 7) is 0. The van der Waals surface area contributed by atoms with Gasteiger partial charge in [0.1, 0.15) is 5.82 Å². The molecular formula is C16H12N2S. The molecule has 0 fully saturated rings. The minimum absolute atomic E-state index is 0.889. The Morgan fingerprint density at radius 3 is 2.84 bits per heavy atom. The third-order valence-corrected chi connectivity index (χ3v) is 4.26. The molecule has 3 heterocycles. The molecule has 0 saturated heterocycles. The van der Waals surface area contributed by atoms with Gasteiger partial charge in [-0.3, -0.25) is 4.40 Å². The van der Waals surface area contributed by atoms with Crippen molar-refractivity contribution in [2.75, 3.05) is 0 Å². The van der Waals surface area contributed by atoms with Crippen LogP contribution in [0.25, 0.3) is 16.4 Å². The average Bonchev–Trinajstić information content (AvgIpc) is 3.09. The molecule has 0 N–H and O–H groups in total. The van der Waals surface area contributed by atoms with Crippen LogP contribution in [-0.4, -0.2) is 9.38 Å². The second-order valence-corrected chi connectivity index (χ2v) is 5.62. The Morgan fingerprint density at radius 2 is 1.95 bits per heavy atom. The first-order valence-corrected chi connectivity index (χ1v) is 7.16. The van der Waals surface area contributed by atoms with Gasteiger partial charge in [-0.05, 0) is 29.0 Å². The van der Waals surface area contributed by atoms with Gasteiger partial charge in [-0.2, -0.15) is 0 Å². The predicted octanol–water partition coefficient (Wildman–Crippen LogP) is 4.14. The molecule has 0 bridgehead atoms. The van der Waals surface area contributed by atoms with Crippen LogP contribution in [0.4, 0.5) is 0 Å².